The zero-order valence-electron chi connectivity index (χ0n) is 17.5. The van der Waals surface area contributed by atoms with Gasteiger partial charge in [0.1, 0.15) is 5.60 Å². The van der Waals surface area contributed by atoms with Crippen molar-refractivity contribution >= 4 is 17.5 Å². The van der Waals surface area contributed by atoms with Crippen LogP contribution >= 0.6 is 0 Å². The van der Waals surface area contributed by atoms with Crippen LogP contribution in [0.5, 0.6) is 0 Å². The van der Waals surface area contributed by atoms with Gasteiger partial charge in [-0.25, -0.2) is 0 Å². The Bertz CT molecular complexity index is 1030. The molecule has 2 fully saturated rings. The Morgan fingerprint density at radius 1 is 1.33 bits per heavy atom. The number of aromatic nitrogens is 2. The highest BCUT2D eigenvalue weighted by Crippen LogP contribution is 2.53. The highest BCUT2D eigenvalue weighted by molar-refractivity contribution is 6.03. The van der Waals surface area contributed by atoms with Crippen LogP contribution in [0.4, 0.5) is 5.69 Å². The van der Waals surface area contributed by atoms with E-state index in [4.69, 9.17) is 4.74 Å². The van der Waals surface area contributed by atoms with Gasteiger partial charge in [0.25, 0.3) is 0 Å². The molecule has 0 N–H and O–H groups in total. The van der Waals surface area contributed by atoms with Gasteiger partial charge in [0.2, 0.25) is 11.8 Å². The van der Waals surface area contributed by atoms with Crippen molar-refractivity contribution in [1.82, 2.24) is 14.7 Å². The van der Waals surface area contributed by atoms with E-state index >= 15 is 0 Å². The van der Waals surface area contributed by atoms with Crippen LogP contribution in [0.1, 0.15) is 11.1 Å². The van der Waals surface area contributed by atoms with E-state index < -0.39 is 17.4 Å². The molecule has 0 radical (unpaired) electrons. The Morgan fingerprint density at radius 2 is 2.17 bits per heavy atom. The first-order valence-corrected chi connectivity index (χ1v) is 10.4. The van der Waals surface area contributed by atoms with Crippen molar-refractivity contribution in [3.63, 3.8) is 0 Å². The predicted octanol–water partition coefficient (Wildman–Crippen LogP) is 1.94. The number of ether oxygens (including phenoxy) is 1. The largest absolute Gasteiger partial charge is 0.360 e. The van der Waals surface area contributed by atoms with Crippen LogP contribution in [0.25, 0.3) is 0 Å². The van der Waals surface area contributed by atoms with Crippen LogP contribution in [-0.4, -0.2) is 58.3 Å². The minimum atomic E-state index is -0.705. The first kappa shape index (κ1) is 19.1. The van der Waals surface area contributed by atoms with Gasteiger partial charge in [-0.15, -0.1) is 0 Å². The molecule has 7 nitrogen and oxygen atoms in total. The van der Waals surface area contributed by atoms with Gasteiger partial charge in [0.15, 0.2) is 0 Å². The highest BCUT2D eigenvalue weighted by Gasteiger charge is 2.67. The average molecular weight is 406 g/mol. The van der Waals surface area contributed by atoms with E-state index in [1.54, 1.807) is 27.7 Å². The smallest absolute Gasteiger partial charge is 0.234 e. The van der Waals surface area contributed by atoms with Gasteiger partial charge in [-0.2, -0.15) is 5.10 Å². The number of anilines is 1. The Balaban J connectivity index is 1.38. The number of fused-ring (bicyclic) bond motifs is 1. The number of rotatable bonds is 5. The molecular formula is C23H26N4O3. The molecule has 7 heteroatoms. The first-order chi connectivity index (χ1) is 14.4. The van der Waals surface area contributed by atoms with E-state index in [0.717, 1.165) is 11.3 Å². The summed E-state index contributed by atoms with van der Waals surface area (Å²) in [6.45, 7) is 5.69. The normalized spacial score (nSPS) is 29.0. The Hall–Kier alpha value is -2.93. The lowest BCUT2D eigenvalue weighted by Gasteiger charge is -2.27. The Morgan fingerprint density at radius 3 is 2.90 bits per heavy atom. The van der Waals surface area contributed by atoms with Gasteiger partial charge < -0.3 is 14.5 Å². The number of aryl methyl sites for hydroxylation is 2. The molecule has 0 aliphatic carbocycles. The lowest BCUT2D eigenvalue weighted by Crippen LogP contribution is -2.45. The van der Waals surface area contributed by atoms with Gasteiger partial charge in [-0.05, 0) is 43.2 Å². The third-order valence-electron chi connectivity index (χ3n) is 6.79. The van der Waals surface area contributed by atoms with Crippen molar-refractivity contribution in [2.75, 3.05) is 25.0 Å². The number of hydrogen-bond acceptors (Lipinski definition) is 4. The Labute approximate surface area is 175 Å². The second-order valence-corrected chi connectivity index (χ2v) is 8.62. The van der Waals surface area contributed by atoms with E-state index in [1.165, 1.54) is 5.56 Å². The molecule has 30 heavy (non-hydrogen) atoms. The molecule has 3 aliphatic rings. The lowest BCUT2D eigenvalue weighted by atomic mass is 9.76. The molecule has 4 heterocycles. The van der Waals surface area contributed by atoms with Gasteiger partial charge in [0.05, 0.1) is 31.0 Å². The average Bonchev–Trinajstić information content (AvgIpc) is 3.50. The number of nitrogens with zero attached hydrogens (tertiary/aromatic N) is 4. The first-order valence-electron chi connectivity index (χ1n) is 10.4. The van der Waals surface area contributed by atoms with Crippen molar-refractivity contribution in [3.8, 4) is 0 Å². The monoisotopic (exact) mass is 406 g/mol. The standard InChI is InChI=1S/C23H26N4O3/c1-15-5-6-17(13-16(15)2)27-14-23-8-7-18(30-23)19(20(23)22(27)29)21(28)25(3)11-12-26-10-4-9-24-26/h4-10,13,18-20H,11-12,14H2,1-3H3/t18-,19-,20+,23-/m0/s1. The molecule has 1 aromatic heterocycles. The Kier molecular flexibility index (Phi) is 4.32. The maximum absolute atomic E-state index is 13.5. The van der Waals surface area contributed by atoms with E-state index in [1.807, 2.05) is 49.5 Å². The fourth-order valence-electron chi connectivity index (χ4n) is 4.94. The molecule has 1 aromatic carbocycles. The van der Waals surface area contributed by atoms with E-state index in [9.17, 15) is 9.59 Å². The molecular weight excluding hydrogens is 380 g/mol. The third kappa shape index (κ3) is 2.80. The van der Waals surface area contributed by atoms with E-state index in [0.29, 0.717) is 19.6 Å². The van der Waals surface area contributed by atoms with Crippen molar-refractivity contribution in [2.45, 2.75) is 32.1 Å². The number of amides is 2. The maximum Gasteiger partial charge on any atom is 0.234 e. The number of likely N-dealkylation sites (N-methyl/N-ethyl adjacent to an activating group) is 1. The number of benzene rings is 1. The predicted molar refractivity (Wildman–Crippen MR) is 112 cm³/mol. The zero-order chi connectivity index (χ0) is 21.0. The summed E-state index contributed by atoms with van der Waals surface area (Å²) >= 11 is 0. The molecule has 4 atom stereocenters. The number of carbonyl (C=O) groups excluding carboxylic acids is 2. The molecule has 2 aromatic rings. The second-order valence-electron chi connectivity index (χ2n) is 8.62. The quantitative estimate of drug-likeness (QED) is 0.712. The number of carbonyl (C=O) groups is 2. The lowest BCUT2D eigenvalue weighted by molar-refractivity contribution is -0.139. The third-order valence-corrected chi connectivity index (χ3v) is 6.79. The molecule has 0 unspecified atom stereocenters. The molecule has 1 spiro atoms. The SMILES string of the molecule is Cc1ccc(N2C[C@]34C=C[C@H](O3)[C@H](C(=O)N(C)CCn3cccn3)[C@@H]4C2=O)cc1C. The van der Waals surface area contributed by atoms with Gasteiger partial charge in [0, 0.05) is 31.7 Å². The summed E-state index contributed by atoms with van der Waals surface area (Å²) in [5.74, 6) is -1.03. The van der Waals surface area contributed by atoms with Crippen molar-refractivity contribution in [2.24, 2.45) is 11.8 Å². The van der Waals surface area contributed by atoms with Crippen LogP contribution in [0, 0.1) is 25.7 Å². The molecule has 156 valence electrons. The fourth-order valence-corrected chi connectivity index (χ4v) is 4.94. The van der Waals surface area contributed by atoms with Crippen LogP contribution in [0.15, 0.2) is 48.8 Å². The zero-order valence-corrected chi connectivity index (χ0v) is 17.5. The summed E-state index contributed by atoms with van der Waals surface area (Å²) in [5, 5.41) is 4.19. The van der Waals surface area contributed by atoms with Crippen molar-refractivity contribution in [1.29, 1.82) is 0 Å². The summed E-state index contributed by atoms with van der Waals surface area (Å²) in [6, 6.07) is 7.90. The molecule has 2 bridgehead atoms. The van der Waals surface area contributed by atoms with Crippen LogP contribution in [0.3, 0.4) is 0 Å². The van der Waals surface area contributed by atoms with Gasteiger partial charge in [-0.1, -0.05) is 18.2 Å². The molecule has 3 aliphatic heterocycles. The highest BCUT2D eigenvalue weighted by atomic mass is 16.5. The minimum Gasteiger partial charge on any atom is -0.360 e. The summed E-state index contributed by atoms with van der Waals surface area (Å²) in [6.07, 6.45) is 7.21. The van der Waals surface area contributed by atoms with Crippen LogP contribution in [-0.2, 0) is 20.9 Å². The summed E-state index contributed by atoms with van der Waals surface area (Å²) in [4.78, 5) is 30.3. The topological polar surface area (TPSA) is 67.7 Å². The molecule has 0 saturated carbocycles. The van der Waals surface area contributed by atoms with Crippen LogP contribution in [0.2, 0.25) is 0 Å². The molecule has 2 saturated heterocycles. The van der Waals surface area contributed by atoms with E-state index in [2.05, 4.69) is 12.0 Å². The molecule has 2 amide bonds. The fraction of sp³-hybridized carbons (Fsp3) is 0.435. The minimum absolute atomic E-state index is 0.0241. The summed E-state index contributed by atoms with van der Waals surface area (Å²) in [7, 11) is 1.79. The maximum atomic E-state index is 13.5. The number of hydrogen-bond donors (Lipinski definition) is 0. The summed E-state index contributed by atoms with van der Waals surface area (Å²) in [5.41, 5.74) is 2.49. The second kappa shape index (κ2) is 6.80. The summed E-state index contributed by atoms with van der Waals surface area (Å²) < 4.78 is 8.05. The van der Waals surface area contributed by atoms with Crippen molar-refractivity contribution in [3.05, 3.63) is 59.9 Å². The van der Waals surface area contributed by atoms with Crippen LogP contribution < -0.4 is 4.90 Å². The van der Waals surface area contributed by atoms with Gasteiger partial charge >= 0.3 is 0 Å². The van der Waals surface area contributed by atoms with E-state index in [-0.39, 0.29) is 17.9 Å². The van der Waals surface area contributed by atoms with Gasteiger partial charge in [-0.3, -0.25) is 14.3 Å². The van der Waals surface area contributed by atoms with Crippen molar-refractivity contribution < 1.29 is 14.3 Å². The molecule has 5 rings (SSSR count).